The van der Waals surface area contributed by atoms with Gasteiger partial charge in [-0.25, -0.2) is 0 Å². The van der Waals surface area contributed by atoms with Gasteiger partial charge in [0.15, 0.2) is 0 Å². The van der Waals surface area contributed by atoms with Gasteiger partial charge in [0.25, 0.3) is 0 Å². The molecule has 1 aliphatic heterocycles. The third kappa shape index (κ3) is 4.38. The summed E-state index contributed by atoms with van der Waals surface area (Å²) in [5.41, 5.74) is 0. The lowest BCUT2D eigenvalue weighted by molar-refractivity contribution is -0.119. The summed E-state index contributed by atoms with van der Waals surface area (Å²) in [7, 11) is -1.03. The second-order valence-corrected chi connectivity index (χ2v) is 4.76. The van der Waals surface area contributed by atoms with Crippen molar-refractivity contribution in [3.63, 3.8) is 0 Å². The number of piperidine rings is 1. The molecule has 0 aromatic heterocycles. The number of carbonyl (C=O) groups is 1. The molecule has 1 heterocycles. The maximum Gasteiger partial charge on any atom is 0.232 e. The molecule has 0 bridgehead atoms. The molecule has 1 fully saturated rings. The smallest absolute Gasteiger partial charge is 0.232 e. The van der Waals surface area contributed by atoms with Gasteiger partial charge in [0.2, 0.25) is 5.91 Å². The summed E-state index contributed by atoms with van der Waals surface area (Å²) in [6, 6.07) is 0.227. The van der Waals surface area contributed by atoms with Gasteiger partial charge in [-0.1, -0.05) is 0 Å². The summed E-state index contributed by atoms with van der Waals surface area (Å²) in [4.78, 5) is 11.2. The van der Waals surface area contributed by atoms with Crippen molar-refractivity contribution in [3.8, 4) is 0 Å². The Kier molecular flexibility index (Phi) is 4.38. The lowest BCUT2D eigenvalue weighted by Gasteiger charge is -2.23. The van der Waals surface area contributed by atoms with E-state index in [1.807, 2.05) is 0 Å². The fourth-order valence-electron chi connectivity index (χ4n) is 1.43. The van der Waals surface area contributed by atoms with Crippen LogP contribution in [0.4, 0.5) is 0 Å². The van der Waals surface area contributed by atoms with E-state index in [0.717, 1.165) is 25.9 Å². The van der Waals surface area contributed by atoms with Crippen LogP contribution in [0.1, 0.15) is 12.8 Å². The lowest BCUT2D eigenvalue weighted by Crippen LogP contribution is -2.46. The number of carbonyl (C=O) groups excluding carboxylic acids is 1. The summed E-state index contributed by atoms with van der Waals surface area (Å²) in [6.07, 6.45) is 3.66. The van der Waals surface area contributed by atoms with Crippen LogP contribution in [0.5, 0.6) is 0 Å². The molecule has 2 N–H and O–H groups in total. The van der Waals surface area contributed by atoms with Crippen LogP contribution in [0.15, 0.2) is 0 Å². The molecule has 0 aromatic rings. The van der Waals surface area contributed by atoms with Crippen molar-refractivity contribution in [3.05, 3.63) is 0 Å². The van der Waals surface area contributed by atoms with E-state index in [1.54, 1.807) is 6.26 Å². The predicted octanol–water partition coefficient (Wildman–Crippen LogP) is -0.767. The third-order valence-electron chi connectivity index (χ3n) is 2.00. The molecule has 1 rings (SSSR count). The standard InChI is InChI=1S/C8H16N2O2S/c1-13(12)6-8(11)10-7-3-2-4-9-5-7/h7,9H,2-6H2,1H3,(H,10,11). The molecule has 0 saturated carbocycles. The van der Waals surface area contributed by atoms with Crippen molar-refractivity contribution in [2.75, 3.05) is 25.1 Å². The maximum absolute atomic E-state index is 11.2. The molecule has 1 saturated heterocycles. The van der Waals surface area contributed by atoms with E-state index in [9.17, 15) is 9.00 Å². The first-order valence-corrected chi connectivity index (χ1v) is 6.21. The highest BCUT2D eigenvalue weighted by Gasteiger charge is 2.15. The molecule has 13 heavy (non-hydrogen) atoms. The van der Waals surface area contributed by atoms with Gasteiger partial charge in [-0.3, -0.25) is 9.00 Å². The van der Waals surface area contributed by atoms with Gasteiger partial charge in [0, 0.05) is 29.6 Å². The first-order chi connectivity index (χ1) is 6.18. The monoisotopic (exact) mass is 204 g/mol. The van der Waals surface area contributed by atoms with Crippen molar-refractivity contribution in [1.82, 2.24) is 10.6 Å². The molecule has 2 unspecified atom stereocenters. The van der Waals surface area contributed by atoms with Gasteiger partial charge in [0.1, 0.15) is 5.75 Å². The Morgan fingerprint density at radius 3 is 3.00 bits per heavy atom. The van der Waals surface area contributed by atoms with E-state index >= 15 is 0 Å². The Balaban J connectivity index is 2.22. The molecule has 5 heteroatoms. The van der Waals surface area contributed by atoms with Gasteiger partial charge >= 0.3 is 0 Å². The van der Waals surface area contributed by atoms with Crippen LogP contribution in [0.25, 0.3) is 0 Å². The van der Waals surface area contributed by atoms with Crippen molar-refractivity contribution in [2.24, 2.45) is 0 Å². The van der Waals surface area contributed by atoms with E-state index in [4.69, 9.17) is 0 Å². The van der Waals surface area contributed by atoms with Gasteiger partial charge in [-0.15, -0.1) is 0 Å². The Hall–Kier alpha value is -0.420. The molecule has 76 valence electrons. The molecule has 1 aliphatic rings. The Labute approximate surface area is 80.9 Å². The van der Waals surface area contributed by atoms with E-state index in [0.29, 0.717) is 0 Å². The minimum absolute atomic E-state index is 0.102. The van der Waals surface area contributed by atoms with Crippen LogP contribution >= 0.6 is 0 Å². The summed E-state index contributed by atoms with van der Waals surface area (Å²) < 4.78 is 10.7. The lowest BCUT2D eigenvalue weighted by atomic mass is 10.1. The quantitative estimate of drug-likeness (QED) is 0.635. The first kappa shape index (κ1) is 10.7. The molecule has 0 spiro atoms. The predicted molar refractivity (Wildman–Crippen MR) is 53.0 cm³/mol. The summed E-state index contributed by atoms with van der Waals surface area (Å²) in [5.74, 6) is 0.0192. The summed E-state index contributed by atoms with van der Waals surface area (Å²) in [6.45, 7) is 1.87. The minimum atomic E-state index is -1.03. The molecule has 0 aliphatic carbocycles. The van der Waals surface area contributed by atoms with Gasteiger partial charge in [-0.2, -0.15) is 0 Å². The van der Waals surface area contributed by atoms with E-state index < -0.39 is 10.8 Å². The number of rotatable bonds is 3. The molecule has 1 amide bonds. The zero-order chi connectivity index (χ0) is 9.68. The molecule has 2 atom stereocenters. The van der Waals surface area contributed by atoms with Crippen LogP contribution < -0.4 is 10.6 Å². The van der Waals surface area contributed by atoms with Crippen LogP contribution in [-0.4, -0.2) is 41.3 Å². The zero-order valence-corrected chi connectivity index (χ0v) is 8.65. The number of hydrogen-bond donors (Lipinski definition) is 2. The van der Waals surface area contributed by atoms with Crippen molar-refractivity contribution < 1.29 is 9.00 Å². The van der Waals surface area contributed by atoms with E-state index in [2.05, 4.69) is 10.6 Å². The Morgan fingerprint density at radius 2 is 2.46 bits per heavy atom. The largest absolute Gasteiger partial charge is 0.351 e. The number of nitrogens with one attached hydrogen (secondary N) is 2. The number of amides is 1. The molecule has 4 nitrogen and oxygen atoms in total. The van der Waals surface area contributed by atoms with Crippen LogP contribution in [0.3, 0.4) is 0 Å². The van der Waals surface area contributed by atoms with E-state index in [1.165, 1.54) is 0 Å². The van der Waals surface area contributed by atoms with Crippen LogP contribution in [-0.2, 0) is 15.6 Å². The van der Waals surface area contributed by atoms with Crippen molar-refractivity contribution in [2.45, 2.75) is 18.9 Å². The minimum Gasteiger partial charge on any atom is -0.351 e. The van der Waals surface area contributed by atoms with Gasteiger partial charge in [0.05, 0.1) is 0 Å². The van der Waals surface area contributed by atoms with Crippen LogP contribution in [0, 0.1) is 0 Å². The number of hydrogen-bond acceptors (Lipinski definition) is 3. The molecule has 0 radical (unpaired) electrons. The Morgan fingerprint density at radius 1 is 1.69 bits per heavy atom. The maximum atomic E-state index is 11.2. The highest BCUT2D eigenvalue weighted by atomic mass is 32.2. The highest BCUT2D eigenvalue weighted by Crippen LogP contribution is 2.00. The van der Waals surface area contributed by atoms with Crippen LogP contribution in [0.2, 0.25) is 0 Å². The normalized spacial score (nSPS) is 25.2. The summed E-state index contributed by atoms with van der Waals surface area (Å²) >= 11 is 0. The fourth-order valence-corrected chi connectivity index (χ4v) is 1.88. The third-order valence-corrected chi connectivity index (χ3v) is 2.67. The van der Waals surface area contributed by atoms with E-state index in [-0.39, 0.29) is 17.7 Å². The second-order valence-electron chi connectivity index (χ2n) is 3.33. The fraction of sp³-hybridized carbons (Fsp3) is 0.875. The second kappa shape index (κ2) is 5.34. The molecular formula is C8H16N2O2S. The average Bonchev–Trinajstić information content (AvgIpc) is 2.04. The topological polar surface area (TPSA) is 58.2 Å². The molecule has 0 aromatic carbocycles. The first-order valence-electron chi connectivity index (χ1n) is 4.48. The zero-order valence-electron chi connectivity index (χ0n) is 7.84. The average molecular weight is 204 g/mol. The van der Waals surface area contributed by atoms with Crippen molar-refractivity contribution >= 4 is 16.7 Å². The van der Waals surface area contributed by atoms with Gasteiger partial charge in [-0.05, 0) is 19.4 Å². The van der Waals surface area contributed by atoms with Gasteiger partial charge < -0.3 is 10.6 Å². The SMILES string of the molecule is CS(=O)CC(=O)NC1CCCNC1. The highest BCUT2D eigenvalue weighted by molar-refractivity contribution is 7.85. The summed E-state index contributed by atoms with van der Waals surface area (Å²) in [5, 5.41) is 6.06. The molecular weight excluding hydrogens is 188 g/mol. The van der Waals surface area contributed by atoms with Crippen molar-refractivity contribution in [1.29, 1.82) is 0 Å². The Bertz CT molecular complexity index is 202.